The van der Waals surface area contributed by atoms with E-state index in [1.165, 1.54) is 7.11 Å². The van der Waals surface area contributed by atoms with Crippen molar-refractivity contribution in [1.82, 2.24) is 9.97 Å². The molecular formula is C13H21N3O2. The van der Waals surface area contributed by atoms with Gasteiger partial charge in [-0.15, -0.1) is 0 Å². The molecule has 0 fully saturated rings. The minimum atomic E-state index is -0.208. The van der Waals surface area contributed by atoms with Gasteiger partial charge in [-0.05, 0) is 5.92 Å². The summed E-state index contributed by atoms with van der Waals surface area (Å²) in [4.78, 5) is 21.8. The molecular weight excluding hydrogens is 230 g/mol. The largest absolute Gasteiger partial charge is 0.469 e. The number of aromatic nitrogens is 2. The summed E-state index contributed by atoms with van der Waals surface area (Å²) in [5.74, 6) is 0.792. The second-order valence-corrected chi connectivity index (χ2v) is 4.76. The lowest BCUT2D eigenvalue weighted by Crippen LogP contribution is -2.30. The number of ether oxygens (including phenoxy) is 1. The lowest BCUT2D eigenvalue weighted by atomic mass is 10.1. The molecule has 0 N–H and O–H groups in total. The average molecular weight is 251 g/mol. The molecule has 1 aromatic rings. The normalized spacial score (nSPS) is 12.3. The number of rotatable bonds is 5. The predicted molar refractivity (Wildman–Crippen MR) is 70.6 cm³/mol. The van der Waals surface area contributed by atoms with Crippen LogP contribution in [0, 0.1) is 5.92 Å². The van der Waals surface area contributed by atoms with E-state index in [4.69, 9.17) is 4.74 Å². The van der Waals surface area contributed by atoms with Crippen molar-refractivity contribution >= 4 is 11.8 Å². The van der Waals surface area contributed by atoms with E-state index in [9.17, 15) is 4.79 Å². The second kappa shape index (κ2) is 6.33. The summed E-state index contributed by atoms with van der Waals surface area (Å²) >= 11 is 0. The Morgan fingerprint density at radius 2 is 2.06 bits per heavy atom. The number of hydrogen-bond acceptors (Lipinski definition) is 5. The summed E-state index contributed by atoms with van der Waals surface area (Å²) in [7, 11) is 3.31. The van der Waals surface area contributed by atoms with Crippen LogP contribution in [0.4, 0.5) is 5.82 Å². The van der Waals surface area contributed by atoms with Gasteiger partial charge in [-0.25, -0.2) is 9.97 Å². The number of anilines is 1. The predicted octanol–water partition coefficient (Wildman–Crippen LogP) is 1.85. The van der Waals surface area contributed by atoms with Crippen LogP contribution in [0.25, 0.3) is 0 Å². The van der Waals surface area contributed by atoms with E-state index in [2.05, 4.69) is 23.8 Å². The van der Waals surface area contributed by atoms with Crippen LogP contribution in [-0.4, -0.2) is 36.6 Å². The zero-order chi connectivity index (χ0) is 13.7. The molecule has 1 heterocycles. The summed E-state index contributed by atoms with van der Waals surface area (Å²) in [5.41, 5.74) is 0.998. The van der Waals surface area contributed by atoms with Crippen molar-refractivity contribution in [1.29, 1.82) is 0 Å². The maximum absolute atomic E-state index is 11.4. The van der Waals surface area contributed by atoms with Crippen LogP contribution >= 0.6 is 0 Å². The molecule has 1 atom stereocenters. The molecule has 0 spiro atoms. The quantitative estimate of drug-likeness (QED) is 0.747. The summed E-state index contributed by atoms with van der Waals surface area (Å²) < 4.78 is 4.71. The molecule has 0 amide bonds. The van der Waals surface area contributed by atoms with Crippen molar-refractivity contribution in [3.63, 3.8) is 0 Å². The van der Waals surface area contributed by atoms with Crippen molar-refractivity contribution in [2.24, 2.45) is 5.92 Å². The number of carbonyl (C=O) groups excluding carboxylic acids is 1. The van der Waals surface area contributed by atoms with Crippen molar-refractivity contribution in [3.8, 4) is 0 Å². The highest BCUT2D eigenvalue weighted by atomic mass is 16.5. The maximum Gasteiger partial charge on any atom is 0.310 e. The lowest BCUT2D eigenvalue weighted by Gasteiger charge is -2.21. The van der Waals surface area contributed by atoms with Crippen molar-refractivity contribution in [3.05, 3.63) is 18.1 Å². The molecule has 5 nitrogen and oxygen atoms in total. The van der Waals surface area contributed by atoms with E-state index in [1.54, 1.807) is 6.33 Å². The van der Waals surface area contributed by atoms with Gasteiger partial charge >= 0.3 is 5.97 Å². The van der Waals surface area contributed by atoms with Gasteiger partial charge in [-0.2, -0.15) is 0 Å². The first kappa shape index (κ1) is 14.4. The second-order valence-electron chi connectivity index (χ2n) is 4.76. The average Bonchev–Trinajstić information content (AvgIpc) is 2.37. The minimum Gasteiger partial charge on any atom is -0.469 e. The molecule has 0 aliphatic rings. The van der Waals surface area contributed by atoms with Gasteiger partial charge in [0.2, 0.25) is 0 Å². The van der Waals surface area contributed by atoms with E-state index in [-0.39, 0.29) is 11.9 Å². The third kappa shape index (κ3) is 3.68. The van der Waals surface area contributed by atoms with Crippen LogP contribution in [-0.2, 0) is 9.53 Å². The summed E-state index contributed by atoms with van der Waals surface area (Å²) in [6.07, 6.45) is 1.56. The molecule has 100 valence electrons. The van der Waals surface area contributed by atoms with Gasteiger partial charge in [-0.1, -0.05) is 20.8 Å². The highest BCUT2D eigenvalue weighted by Crippen LogP contribution is 2.17. The topological polar surface area (TPSA) is 55.3 Å². The summed E-state index contributed by atoms with van der Waals surface area (Å²) in [6, 6.07) is 1.95. The van der Waals surface area contributed by atoms with Gasteiger partial charge in [0, 0.05) is 25.4 Å². The molecule has 0 aliphatic heterocycles. The Balaban J connectivity index is 2.75. The van der Waals surface area contributed by atoms with Crippen molar-refractivity contribution in [2.45, 2.75) is 26.7 Å². The number of carbonyl (C=O) groups is 1. The third-order valence-corrected chi connectivity index (χ3v) is 2.81. The van der Waals surface area contributed by atoms with E-state index in [0.29, 0.717) is 12.5 Å². The third-order valence-electron chi connectivity index (χ3n) is 2.81. The Hall–Kier alpha value is -1.65. The van der Waals surface area contributed by atoms with E-state index in [0.717, 1.165) is 11.5 Å². The standard InChI is InChI=1S/C13H21N3O2/c1-9(2)11-6-12(15-8-14-11)16(4)7-10(3)13(17)18-5/h6,8-10H,7H2,1-5H3. The molecule has 0 bridgehead atoms. The van der Waals surface area contributed by atoms with E-state index in [1.807, 2.05) is 24.9 Å². The molecule has 1 unspecified atom stereocenters. The number of nitrogens with zero attached hydrogens (tertiary/aromatic N) is 3. The Morgan fingerprint density at radius 1 is 1.39 bits per heavy atom. The first-order valence-electron chi connectivity index (χ1n) is 6.06. The zero-order valence-electron chi connectivity index (χ0n) is 11.7. The molecule has 1 rings (SSSR count). The lowest BCUT2D eigenvalue weighted by molar-refractivity contribution is -0.144. The van der Waals surface area contributed by atoms with Gasteiger partial charge < -0.3 is 9.64 Å². The summed E-state index contributed by atoms with van der Waals surface area (Å²) in [6.45, 7) is 6.58. The number of hydrogen-bond donors (Lipinski definition) is 0. The van der Waals surface area contributed by atoms with Crippen LogP contribution in [0.1, 0.15) is 32.4 Å². The number of esters is 1. The van der Waals surface area contributed by atoms with Gasteiger partial charge in [-0.3, -0.25) is 4.79 Å². The fourth-order valence-electron chi connectivity index (χ4n) is 1.67. The highest BCUT2D eigenvalue weighted by Gasteiger charge is 2.16. The molecule has 0 radical (unpaired) electrons. The monoisotopic (exact) mass is 251 g/mol. The Labute approximate surface area is 108 Å². The molecule has 0 aromatic carbocycles. The van der Waals surface area contributed by atoms with Gasteiger partial charge in [0.15, 0.2) is 0 Å². The fraction of sp³-hybridized carbons (Fsp3) is 0.615. The van der Waals surface area contributed by atoms with Gasteiger partial charge in [0.25, 0.3) is 0 Å². The van der Waals surface area contributed by atoms with Crippen LogP contribution in [0.3, 0.4) is 0 Å². The van der Waals surface area contributed by atoms with Gasteiger partial charge in [0.1, 0.15) is 12.1 Å². The molecule has 18 heavy (non-hydrogen) atoms. The highest BCUT2D eigenvalue weighted by molar-refractivity contribution is 5.72. The van der Waals surface area contributed by atoms with Crippen LogP contribution in [0.2, 0.25) is 0 Å². The Bertz CT molecular complexity index is 407. The maximum atomic E-state index is 11.4. The van der Waals surface area contributed by atoms with Crippen LogP contribution in [0.15, 0.2) is 12.4 Å². The molecule has 0 saturated heterocycles. The Kier molecular flexibility index (Phi) is 5.07. The van der Waals surface area contributed by atoms with Crippen LogP contribution in [0.5, 0.6) is 0 Å². The zero-order valence-corrected chi connectivity index (χ0v) is 11.7. The first-order valence-corrected chi connectivity index (χ1v) is 6.06. The Morgan fingerprint density at radius 3 is 2.61 bits per heavy atom. The smallest absolute Gasteiger partial charge is 0.310 e. The summed E-state index contributed by atoms with van der Waals surface area (Å²) in [5, 5.41) is 0. The van der Waals surface area contributed by atoms with Crippen LogP contribution < -0.4 is 4.90 Å². The fourth-order valence-corrected chi connectivity index (χ4v) is 1.67. The minimum absolute atomic E-state index is 0.183. The molecule has 0 saturated carbocycles. The molecule has 5 heteroatoms. The van der Waals surface area contributed by atoms with Crippen molar-refractivity contribution < 1.29 is 9.53 Å². The first-order chi connectivity index (χ1) is 8.45. The SMILES string of the molecule is COC(=O)C(C)CN(C)c1cc(C(C)C)ncn1. The van der Waals surface area contributed by atoms with Gasteiger partial charge in [0.05, 0.1) is 13.0 Å². The molecule has 0 aliphatic carbocycles. The molecule has 1 aromatic heterocycles. The van der Waals surface area contributed by atoms with E-state index < -0.39 is 0 Å². The van der Waals surface area contributed by atoms with Crippen molar-refractivity contribution in [2.75, 3.05) is 25.6 Å². The number of methoxy groups -OCH3 is 1. The van der Waals surface area contributed by atoms with E-state index >= 15 is 0 Å².